The van der Waals surface area contributed by atoms with Crippen LogP contribution in [-0.2, 0) is 17.8 Å². The zero-order valence-electron chi connectivity index (χ0n) is 18.2. The molecule has 158 valence electrons. The van der Waals surface area contributed by atoms with Crippen molar-refractivity contribution in [2.24, 2.45) is 0 Å². The van der Waals surface area contributed by atoms with Crippen LogP contribution in [0, 0.1) is 0 Å². The standard InChI is InChI=1S/C24H34N2O3/c1-18(11-12-19-9-7-6-8-10-19)25-16-20-13-14-21(22(15-20)28-5)29-17-23(27)26-24(2,3)4/h6-10,13-15,18,25H,11-12,16-17H2,1-5H3,(H,26,27)/t18-/m1/s1. The minimum Gasteiger partial charge on any atom is -0.493 e. The largest absolute Gasteiger partial charge is 0.493 e. The van der Waals surface area contributed by atoms with E-state index in [2.05, 4.69) is 41.8 Å². The lowest BCUT2D eigenvalue weighted by Crippen LogP contribution is -2.43. The van der Waals surface area contributed by atoms with Crippen LogP contribution >= 0.6 is 0 Å². The molecule has 1 atom stereocenters. The molecule has 0 bridgehead atoms. The molecule has 2 N–H and O–H groups in total. The van der Waals surface area contributed by atoms with Crippen molar-refractivity contribution >= 4 is 5.91 Å². The maximum atomic E-state index is 12.0. The van der Waals surface area contributed by atoms with Crippen LogP contribution in [0.3, 0.4) is 0 Å². The second-order valence-electron chi connectivity index (χ2n) is 8.38. The number of ether oxygens (including phenoxy) is 2. The van der Waals surface area contributed by atoms with Gasteiger partial charge in [0.1, 0.15) is 0 Å². The highest BCUT2D eigenvalue weighted by Gasteiger charge is 2.15. The van der Waals surface area contributed by atoms with Gasteiger partial charge in [-0.15, -0.1) is 0 Å². The third-order valence-electron chi connectivity index (χ3n) is 4.46. The Kier molecular flexibility index (Phi) is 8.52. The molecule has 0 unspecified atom stereocenters. The van der Waals surface area contributed by atoms with E-state index >= 15 is 0 Å². The molecular weight excluding hydrogens is 364 g/mol. The van der Waals surface area contributed by atoms with E-state index in [4.69, 9.17) is 9.47 Å². The molecule has 0 aliphatic carbocycles. The molecule has 5 nitrogen and oxygen atoms in total. The first-order chi connectivity index (χ1) is 13.8. The monoisotopic (exact) mass is 398 g/mol. The first-order valence-corrected chi connectivity index (χ1v) is 10.1. The number of hydrogen-bond donors (Lipinski definition) is 2. The number of nitrogens with one attached hydrogen (secondary N) is 2. The van der Waals surface area contributed by atoms with Crippen LogP contribution in [0.5, 0.6) is 11.5 Å². The van der Waals surface area contributed by atoms with Gasteiger partial charge in [-0.2, -0.15) is 0 Å². The quantitative estimate of drug-likeness (QED) is 0.633. The van der Waals surface area contributed by atoms with Gasteiger partial charge in [-0.05, 0) is 63.8 Å². The highest BCUT2D eigenvalue weighted by atomic mass is 16.5. The normalized spacial score (nSPS) is 12.3. The number of hydrogen-bond acceptors (Lipinski definition) is 4. The summed E-state index contributed by atoms with van der Waals surface area (Å²) in [4.78, 5) is 12.0. The SMILES string of the molecule is COc1cc(CN[C@H](C)CCc2ccccc2)ccc1OCC(=O)NC(C)(C)C. The predicted octanol–water partition coefficient (Wildman–Crippen LogP) is 4.10. The summed E-state index contributed by atoms with van der Waals surface area (Å²) < 4.78 is 11.1. The molecule has 29 heavy (non-hydrogen) atoms. The maximum Gasteiger partial charge on any atom is 0.258 e. The van der Waals surface area contributed by atoms with Crippen LogP contribution in [0.2, 0.25) is 0 Å². The van der Waals surface area contributed by atoms with Gasteiger partial charge in [-0.3, -0.25) is 4.79 Å². The Labute approximate surface area is 174 Å². The fourth-order valence-electron chi connectivity index (χ4n) is 2.96. The van der Waals surface area contributed by atoms with E-state index < -0.39 is 0 Å². The summed E-state index contributed by atoms with van der Waals surface area (Å²) in [5.41, 5.74) is 2.19. The van der Waals surface area contributed by atoms with E-state index in [1.807, 2.05) is 45.0 Å². The lowest BCUT2D eigenvalue weighted by molar-refractivity contribution is -0.124. The predicted molar refractivity (Wildman–Crippen MR) is 117 cm³/mol. The summed E-state index contributed by atoms with van der Waals surface area (Å²) in [7, 11) is 1.61. The van der Waals surface area contributed by atoms with E-state index in [1.54, 1.807) is 7.11 Å². The number of aryl methyl sites for hydroxylation is 1. The third-order valence-corrected chi connectivity index (χ3v) is 4.46. The first-order valence-electron chi connectivity index (χ1n) is 10.1. The molecule has 0 aliphatic heterocycles. The molecule has 0 aromatic heterocycles. The van der Waals surface area contributed by atoms with Crippen LogP contribution in [0.1, 0.15) is 45.2 Å². The van der Waals surface area contributed by atoms with Gasteiger partial charge in [0.15, 0.2) is 18.1 Å². The lowest BCUT2D eigenvalue weighted by atomic mass is 10.1. The minimum absolute atomic E-state index is 0.0399. The van der Waals surface area contributed by atoms with Gasteiger partial charge in [0.2, 0.25) is 0 Å². The highest BCUT2D eigenvalue weighted by molar-refractivity contribution is 5.78. The summed E-state index contributed by atoms with van der Waals surface area (Å²) in [6, 6.07) is 16.7. The van der Waals surface area contributed by atoms with Gasteiger partial charge in [-0.1, -0.05) is 36.4 Å². The van der Waals surface area contributed by atoms with Crippen molar-refractivity contribution < 1.29 is 14.3 Å². The number of methoxy groups -OCH3 is 1. The van der Waals surface area contributed by atoms with E-state index in [0.717, 1.165) is 24.9 Å². The molecule has 0 radical (unpaired) electrons. The molecule has 0 fully saturated rings. The number of amides is 1. The van der Waals surface area contributed by atoms with E-state index in [9.17, 15) is 4.79 Å². The molecule has 5 heteroatoms. The summed E-state index contributed by atoms with van der Waals surface area (Å²) in [6.45, 7) is 8.72. The molecule has 2 aromatic rings. The molecule has 0 aliphatic rings. The Balaban J connectivity index is 1.83. The molecule has 0 heterocycles. The Morgan fingerprint density at radius 2 is 1.76 bits per heavy atom. The highest BCUT2D eigenvalue weighted by Crippen LogP contribution is 2.28. The fraction of sp³-hybridized carbons (Fsp3) is 0.458. The summed E-state index contributed by atoms with van der Waals surface area (Å²) >= 11 is 0. The van der Waals surface area contributed by atoms with Crippen LogP contribution in [0.15, 0.2) is 48.5 Å². The topological polar surface area (TPSA) is 59.6 Å². The Morgan fingerprint density at radius 3 is 2.41 bits per heavy atom. The first kappa shape index (κ1) is 22.8. The Morgan fingerprint density at radius 1 is 1.03 bits per heavy atom. The van der Waals surface area contributed by atoms with Crippen molar-refractivity contribution in [3.05, 3.63) is 59.7 Å². The molecule has 0 spiro atoms. The number of carbonyl (C=O) groups excluding carboxylic acids is 1. The summed E-state index contributed by atoms with van der Waals surface area (Å²) in [6.07, 6.45) is 2.13. The van der Waals surface area contributed by atoms with E-state index in [1.165, 1.54) is 5.56 Å². The van der Waals surface area contributed by atoms with Crippen LogP contribution in [0.25, 0.3) is 0 Å². The summed E-state index contributed by atoms with van der Waals surface area (Å²) in [5.74, 6) is 1.04. The van der Waals surface area contributed by atoms with Gasteiger partial charge >= 0.3 is 0 Å². The fourth-order valence-corrected chi connectivity index (χ4v) is 2.96. The molecule has 0 saturated carbocycles. The zero-order valence-corrected chi connectivity index (χ0v) is 18.2. The maximum absolute atomic E-state index is 12.0. The molecule has 0 saturated heterocycles. The van der Waals surface area contributed by atoms with E-state index in [-0.39, 0.29) is 18.1 Å². The average molecular weight is 399 g/mol. The van der Waals surface area contributed by atoms with Crippen molar-refractivity contribution in [2.45, 2.75) is 58.7 Å². The van der Waals surface area contributed by atoms with Gasteiger partial charge in [0.25, 0.3) is 5.91 Å². The molecule has 1 amide bonds. The van der Waals surface area contributed by atoms with Gasteiger partial charge < -0.3 is 20.1 Å². The smallest absolute Gasteiger partial charge is 0.258 e. The lowest BCUT2D eigenvalue weighted by Gasteiger charge is -2.21. The van der Waals surface area contributed by atoms with Gasteiger partial charge in [-0.25, -0.2) is 0 Å². The van der Waals surface area contributed by atoms with Gasteiger partial charge in [0.05, 0.1) is 7.11 Å². The van der Waals surface area contributed by atoms with Crippen molar-refractivity contribution in [2.75, 3.05) is 13.7 Å². The number of rotatable bonds is 10. The molecule has 2 rings (SSSR count). The van der Waals surface area contributed by atoms with E-state index in [0.29, 0.717) is 17.5 Å². The minimum atomic E-state index is -0.280. The molecule has 2 aromatic carbocycles. The number of benzene rings is 2. The second kappa shape index (κ2) is 10.9. The molecular formula is C24H34N2O3. The van der Waals surface area contributed by atoms with Crippen LogP contribution < -0.4 is 20.1 Å². The Hall–Kier alpha value is -2.53. The van der Waals surface area contributed by atoms with Crippen LogP contribution in [0.4, 0.5) is 0 Å². The Bertz CT molecular complexity index is 769. The second-order valence-corrected chi connectivity index (χ2v) is 8.38. The average Bonchev–Trinajstić information content (AvgIpc) is 2.68. The summed E-state index contributed by atoms with van der Waals surface area (Å²) in [5, 5.41) is 6.44. The number of carbonyl (C=O) groups is 1. The van der Waals surface area contributed by atoms with Crippen molar-refractivity contribution in [1.82, 2.24) is 10.6 Å². The van der Waals surface area contributed by atoms with Crippen molar-refractivity contribution in [3.63, 3.8) is 0 Å². The zero-order chi connectivity index (χ0) is 21.3. The van der Waals surface area contributed by atoms with Crippen molar-refractivity contribution in [1.29, 1.82) is 0 Å². The van der Waals surface area contributed by atoms with Crippen molar-refractivity contribution in [3.8, 4) is 11.5 Å². The van der Waals surface area contributed by atoms with Crippen LogP contribution in [-0.4, -0.2) is 31.2 Å². The third kappa shape index (κ3) is 8.57. The van der Waals surface area contributed by atoms with Gasteiger partial charge in [0, 0.05) is 18.1 Å².